The van der Waals surface area contributed by atoms with Crippen LogP contribution in [-0.2, 0) is 0 Å². The zero-order valence-corrected chi connectivity index (χ0v) is 13.2. The van der Waals surface area contributed by atoms with Crippen LogP contribution in [0.1, 0.15) is 51.4 Å². The van der Waals surface area contributed by atoms with Gasteiger partial charge in [0, 0.05) is 12.2 Å². The zero-order chi connectivity index (χ0) is 14.2. The van der Waals surface area contributed by atoms with Crippen molar-refractivity contribution in [3.8, 4) is 0 Å². The minimum Gasteiger partial charge on any atom is -0.308 e. The number of imidazole rings is 1. The van der Waals surface area contributed by atoms with Crippen molar-refractivity contribution in [3.05, 3.63) is 23.1 Å². The van der Waals surface area contributed by atoms with Crippen LogP contribution in [0.15, 0.2) is 12.3 Å². The highest BCUT2D eigenvalue weighted by Gasteiger charge is 2.22. The summed E-state index contributed by atoms with van der Waals surface area (Å²) in [4.78, 5) is 9.03. The maximum Gasteiger partial charge on any atom is 0.160 e. The molecule has 0 N–H and O–H groups in total. The number of aromatic nitrogens is 3. The highest BCUT2D eigenvalue weighted by Crippen LogP contribution is 2.31. The molecule has 0 aliphatic heterocycles. The Labute approximate surface area is 123 Å². The Balaban J connectivity index is 2.65. The normalized spacial score (nSPS) is 16.5. The van der Waals surface area contributed by atoms with Crippen LogP contribution in [0.5, 0.6) is 0 Å². The molecule has 0 fully saturated rings. The Kier molecular flexibility index (Phi) is 4.36. The largest absolute Gasteiger partial charge is 0.308 e. The molecule has 2 aromatic rings. The van der Waals surface area contributed by atoms with Gasteiger partial charge in [0.15, 0.2) is 5.65 Å². The van der Waals surface area contributed by atoms with Crippen LogP contribution in [0.2, 0.25) is 5.02 Å². The minimum atomic E-state index is -0.153. The molecule has 5 heteroatoms. The number of pyridine rings is 1. The molecule has 2 rings (SSSR count). The second-order valence-corrected chi connectivity index (χ2v) is 6.17. The fourth-order valence-electron chi connectivity index (χ4n) is 2.25. The lowest BCUT2D eigenvalue weighted by molar-refractivity contribution is 0.367. The topological polar surface area (TPSA) is 30.7 Å². The first-order valence-corrected chi connectivity index (χ1v) is 7.44. The summed E-state index contributed by atoms with van der Waals surface area (Å²) in [7, 11) is 0. The van der Waals surface area contributed by atoms with Gasteiger partial charge < -0.3 is 4.57 Å². The maximum atomic E-state index is 6.27. The molecule has 3 atom stereocenters. The second-order valence-electron chi connectivity index (χ2n) is 5.08. The van der Waals surface area contributed by atoms with Crippen LogP contribution in [-0.4, -0.2) is 14.5 Å². The molecule has 0 aliphatic carbocycles. The summed E-state index contributed by atoms with van der Waals surface area (Å²) in [5, 5.41) is 0.446. The lowest BCUT2D eigenvalue weighted by atomic mass is 10.0. The Morgan fingerprint density at radius 3 is 2.58 bits per heavy atom. The standard InChI is InChI=1S/C14H19Cl2N3/c1-5-8(2)10(4)19-13(9(3)15)18-12-6-11(16)7-17-14(12)19/h6-10H,5H2,1-4H3. The van der Waals surface area contributed by atoms with Gasteiger partial charge in [-0.3, -0.25) is 0 Å². The third-order valence-electron chi connectivity index (χ3n) is 3.75. The molecular formula is C14H19Cl2N3. The van der Waals surface area contributed by atoms with Crippen LogP contribution in [0.25, 0.3) is 11.2 Å². The van der Waals surface area contributed by atoms with E-state index in [4.69, 9.17) is 23.2 Å². The van der Waals surface area contributed by atoms with Crippen molar-refractivity contribution in [2.24, 2.45) is 5.92 Å². The Morgan fingerprint density at radius 2 is 2.00 bits per heavy atom. The molecule has 0 saturated heterocycles. The molecule has 104 valence electrons. The number of alkyl halides is 1. The van der Waals surface area contributed by atoms with E-state index in [0.29, 0.717) is 17.0 Å². The smallest absolute Gasteiger partial charge is 0.160 e. The number of nitrogens with zero attached hydrogens (tertiary/aromatic N) is 3. The average Bonchev–Trinajstić information content (AvgIpc) is 2.75. The Morgan fingerprint density at radius 1 is 1.32 bits per heavy atom. The molecule has 2 heterocycles. The van der Waals surface area contributed by atoms with Crippen molar-refractivity contribution in [2.45, 2.75) is 45.5 Å². The summed E-state index contributed by atoms with van der Waals surface area (Å²) in [5.41, 5.74) is 1.67. The number of hydrogen-bond donors (Lipinski definition) is 0. The van der Waals surface area contributed by atoms with Crippen molar-refractivity contribution in [1.82, 2.24) is 14.5 Å². The van der Waals surface area contributed by atoms with E-state index in [0.717, 1.165) is 23.4 Å². The maximum absolute atomic E-state index is 6.27. The fraction of sp³-hybridized carbons (Fsp3) is 0.571. The van der Waals surface area contributed by atoms with E-state index in [1.54, 1.807) is 6.20 Å². The predicted octanol–water partition coefficient (Wildman–Crippen LogP) is 4.99. The molecule has 0 aliphatic rings. The molecule has 0 bridgehead atoms. The highest BCUT2D eigenvalue weighted by atomic mass is 35.5. The monoisotopic (exact) mass is 299 g/mol. The summed E-state index contributed by atoms with van der Waals surface area (Å²) in [6.45, 7) is 8.54. The van der Waals surface area contributed by atoms with Crippen molar-refractivity contribution in [1.29, 1.82) is 0 Å². The van der Waals surface area contributed by atoms with Gasteiger partial charge >= 0.3 is 0 Å². The lowest BCUT2D eigenvalue weighted by Gasteiger charge is -2.23. The van der Waals surface area contributed by atoms with Gasteiger partial charge in [0.05, 0.1) is 10.4 Å². The SMILES string of the molecule is CCC(C)C(C)n1c(C(C)Cl)nc2cc(Cl)cnc21. The zero-order valence-electron chi connectivity index (χ0n) is 11.7. The molecule has 0 radical (unpaired) electrons. The molecule has 3 unspecified atom stereocenters. The molecule has 3 nitrogen and oxygen atoms in total. The summed E-state index contributed by atoms with van der Waals surface area (Å²) in [5.74, 6) is 1.39. The van der Waals surface area contributed by atoms with Gasteiger partial charge in [-0.15, -0.1) is 11.6 Å². The molecule has 19 heavy (non-hydrogen) atoms. The third kappa shape index (κ3) is 2.72. The summed E-state index contributed by atoms with van der Waals surface area (Å²) >= 11 is 12.3. The van der Waals surface area contributed by atoms with Crippen LogP contribution in [0.3, 0.4) is 0 Å². The van der Waals surface area contributed by atoms with E-state index in [1.165, 1.54) is 0 Å². The number of hydrogen-bond acceptors (Lipinski definition) is 2. The Bertz CT molecular complexity index is 577. The molecule has 2 aromatic heterocycles. The van der Waals surface area contributed by atoms with Gasteiger partial charge in [-0.1, -0.05) is 31.9 Å². The predicted molar refractivity (Wildman–Crippen MR) is 81.0 cm³/mol. The van der Waals surface area contributed by atoms with Crippen LogP contribution >= 0.6 is 23.2 Å². The summed E-state index contributed by atoms with van der Waals surface area (Å²) < 4.78 is 2.15. The first-order chi connectivity index (χ1) is 8.95. The number of halogens is 2. The third-order valence-corrected chi connectivity index (χ3v) is 4.16. The summed E-state index contributed by atoms with van der Waals surface area (Å²) in [6, 6.07) is 2.15. The first kappa shape index (κ1) is 14.6. The van der Waals surface area contributed by atoms with Crippen molar-refractivity contribution in [3.63, 3.8) is 0 Å². The van der Waals surface area contributed by atoms with E-state index >= 15 is 0 Å². The lowest BCUT2D eigenvalue weighted by Crippen LogP contribution is -2.17. The van der Waals surface area contributed by atoms with Crippen LogP contribution in [0.4, 0.5) is 0 Å². The van der Waals surface area contributed by atoms with E-state index < -0.39 is 0 Å². The molecule has 0 amide bonds. The van der Waals surface area contributed by atoms with Gasteiger partial charge in [-0.25, -0.2) is 9.97 Å². The highest BCUT2D eigenvalue weighted by molar-refractivity contribution is 6.31. The van der Waals surface area contributed by atoms with Crippen LogP contribution in [0, 0.1) is 5.92 Å². The number of fused-ring (bicyclic) bond motifs is 1. The van der Waals surface area contributed by atoms with Crippen molar-refractivity contribution in [2.75, 3.05) is 0 Å². The van der Waals surface area contributed by atoms with E-state index in [1.807, 2.05) is 13.0 Å². The summed E-state index contributed by atoms with van der Waals surface area (Å²) in [6.07, 6.45) is 2.76. The van der Waals surface area contributed by atoms with Gasteiger partial charge in [0.2, 0.25) is 0 Å². The van der Waals surface area contributed by atoms with Gasteiger partial charge in [0.25, 0.3) is 0 Å². The van der Waals surface area contributed by atoms with Gasteiger partial charge in [-0.2, -0.15) is 0 Å². The second kappa shape index (κ2) is 5.68. The average molecular weight is 300 g/mol. The number of rotatable bonds is 4. The van der Waals surface area contributed by atoms with Crippen molar-refractivity contribution < 1.29 is 0 Å². The fourth-order valence-corrected chi connectivity index (χ4v) is 2.56. The molecule has 0 saturated carbocycles. The van der Waals surface area contributed by atoms with Gasteiger partial charge in [-0.05, 0) is 25.8 Å². The quantitative estimate of drug-likeness (QED) is 0.745. The van der Waals surface area contributed by atoms with E-state index in [2.05, 4.69) is 35.3 Å². The van der Waals surface area contributed by atoms with E-state index in [9.17, 15) is 0 Å². The van der Waals surface area contributed by atoms with E-state index in [-0.39, 0.29) is 5.38 Å². The first-order valence-electron chi connectivity index (χ1n) is 6.63. The minimum absolute atomic E-state index is 0.153. The molecular weight excluding hydrogens is 281 g/mol. The Hall–Kier alpha value is -0.800. The van der Waals surface area contributed by atoms with Crippen LogP contribution < -0.4 is 0 Å². The van der Waals surface area contributed by atoms with Gasteiger partial charge in [0.1, 0.15) is 11.3 Å². The van der Waals surface area contributed by atoms with Crippen molar-refractivity contribution >= 4 is 34.4 Å². The molecule has 0 aromatic carbocycles. The molecule has 0 spiro atoms.